The monoisotopic (exact) mass is 532 g/mol. The van der Waals surface area contributed by atoms with Gasteiger partial charge in [0.1, 0.15) is 11.7 Å². The number of anilines is 2. The number of fused-ring (bicyclic) bond motifs is 1. The first-order valence-corrected chi connectivity index (χ1v) is 12.4. The largest absolute Gasteiger partial charge is 0.507 e. The van der Waals surface area contributed by atoms with Gasteiger partial charge in [-0.1, -0.05) is 37.3 Å². The Balaban J connectivity index is 1.40. The number of hydrogen-bond acceptors (Lipinski definition) is 6. The first-order chi connectivity index (χ1) is 18.6. The molecule has 2 unspecified atom stereocenters. The normalized spacial score (nSPS) is 17.4. The number of nitrogens with one attached hydrogen (secondary N) is 1. The summed E-state index contributed by atoms with van der Waals surface area (Å²) in [6.45, 7) is 2.97. The van der Waals surface area contributed by atoms with Crippen molar-refractivity contribution in [2.75, 3.05) is 10.3 Å². The van der Waals surface area contributed by atoms with Gasteiger partial charge in [0, 0.05) is 29.3 Å². The molecule has 0 spiro atoms. The fraction of sp³-hybridized carbons (Fsp3) is 0.207. The molecule has 0 fully saturated rings. The van der Waals surface area contributed by atoms with E-state index in [4.69, 9.17) is 0 Å². The van der Waals surface area contributed by atoms with Crippen molar-refractivity contribution in [2.45, 2.75) is 32.4 Å². The number of carbonyl (C=O) groups excluding carboxylic acids is 2. The number of aromatic nitrogens is 1. The topological polar surface area (TPSA) is 107 Å². The second-order valence-corrected chi connectivity index (χ2v) is 9.36. The zero-order valence-corrected chi connectivity index (χ0v) is 21.2. The Bertz CT molecular complexity index is 1610. The molecule has 0 saturated heterocycles. The Hall–Kier alpha value is -4.57. The highest BCUT2D eigenvalue weighted by Gasteiger charge is 2.40. The number of phenolic OH excluding ortho intramolecular Hbond substituents is 1. The molecule has 4 aromatic rings. The highest BCUT2D eigenvalue weighted by molar-refractivity contribution is 6.11. The van der Waals surface area contributed by atoms with Crippen LogP contribution < -0.4 is 10.3 Å². The molecule has 3 aromatic carbocycles. The molecule has 3 N–H and O–H groups in total. The summed E-state index contributed by atoms with van der Waals surface area (Å²) in [5.41, 5.74) is 1.38. The van der Waals surface area contributed by atoms with Crippen LogP contribution in [0.15, 0.2) is 84.1 Å². The molecule has 200 valence electrons. The number of aromatic hydroxyl groups is 1. The van der Waals surface area contributed by atoms with Crippen LogP contribution in [-0.2, 0) is 10.7 Å². The second-order valence-electron chi connectivity index (χ2n) is 9.36. The Kier molecular flexibility index (Phi) is 6.65. The SMILES string of the molecule is CCC(F)(F)c1cccc(NC(=O)C2C(C)=NN(c3ccc4ccn(C(=O)c5ccccc5O)c4c3)C2O)c1. The van der Waals surface area contributed by atoms with Gasteiger partial charge in [-0.25, -0.2) is 13.8 Å². The average molecular weight is 533 g/mol. The minimum Gasteiger partial charge on any atom is -0.507 e. The predicted octanol–water partition coefficient (Wildman–Crippen LogP) is 5.31. The summed E-state index contributed by atoms with van der Waals surface area (Å²) in [6.07, 6.45) is -0.164. The third kappa shape index (κ3) is 4.74. The minimum atomic E-state index is -3.03. The lowest BCUT2D eigenvalue weighted by molar-refractivity contribution is -0.120. The van der Waals surface area contributed by atoms with Crippen LogP contribution in [0.3, 0.4) is 0 Å². The Morgan fingerprint density at radius 3 is 2.56 bits per heavy atom. The summed E-state index contributed by atoms with van der Waals surface area (Å²) >= 11 is 0. The van der Waals surface area contributed by atoms with E-state index in [1.165, 1.54) is 52.9 Å². The number of nitrogens with zero attached hydrogens (tertiary/aromatic N) is 3. The smallest absolute Gasteiger partial charge is 0.273 e. The fourth-order valence-corrected chi connectivity index (χ4v) is 4.65. The summed E-state index contributed by atoms with van der Waals surface area (Å²) < 4.78 is 29.7. The van der Waals surface area contributed by atoms with Gasteiger partial charge in [0.05, 0.1) is 22.5 Å². The van der Waals surface area contributed by atoms with E-state index in [0.29, 0.717) is 16.9 Å². The van der Waals surface area contributed by atoms with E-state index in [0.717, 1.165) is 5.39 Å². The number of rotatable bonds is 6. The van der Waals surface area contributed by atoms with Crippen LogP contribution in [0.2, 0.25) is 0 Å². The molecule has 8 nitrogen and oxygen atoms in total. The number of halogens is 2. The number of aliphatic hydroxyl groups is 1. The van der Waals surface area contributed by atoms with Gasteiger partial charge in [-0.2, -0.15) is 5.10 Å². The summed E-state index contributed by atoms with van der Waals surface area (Å²) in [5.74, 6) is -5.27. The predicted molar refractivity (Wildman–Crippen MR) is 144 cm³/mol. The summed E-state index contributed by atoms with van der Waals surface area (Å²) in [4.78, 5) is 26.2. The van der Waals surface area contributed by atoms with Gasteiger partial charge in [0.2, 0.25) is 5.91 Å². The van der Waals surface area contributed by atoms with E-state index in [-0.39, 0.29) is 29.0 Å². The summed E-state index contributed by atoms with van der Waals surface area (Å²) in [7, 11) is 0. The zero-order valence-electron chi connectivity index (χ0n) is 21.2. The van der Waals surface area contributed by atoms with Gasteiger partial charge < -0.3 is 15.5 Å². The minimum absolute atomic E-state index is 0.132. The molecule has 2 heterocycles. The molecule has 1 amide bonds. The van der Waals surface area contributed by atoms with E-state index >= 15 is 0 Å². The highest BCUT2D eigenvalue weighted by atomic mass is 19.3. The van der Waals surface area contributed by atoms with Gasteiger partial charge in [0.25, 0.3) is 11.8 Å². The molecule has 0 saturated carbocycles. The second kappa shape index (κ2) is 9.95. The van der Waals surface area contributed by atoms with Crippen molar-refractivity contribution in [2.24, 2.45) is 11.0 Å². The lowest BCUT2D eigenvalue weighted by atomic mass is 10.0. The van der Waals surface area contributed by atoms with Crippen molar-refractivity contribution in [3.05, 3.63) is 90.1 Å². The molecule has 1 aliphatic rings. The molecule has 2 atom stereocenters. The van der Waals surface area contributed by atoms with Crippen LogP contribution in [0.4, 0.5) is 20.2 Å². The number of para-hydroxylation sites is 1. The first-order valence-electron chi connectivity index (χ1n) is 12.4. The molecule has 0 aliphatic carbocycles. The van der Waals surface area contributed by atoms with E-state index in [9.17, 15) is 28.6 Å². The van der Waals surface area contributed by atoms with E-state index in [1.807, 2.05) is 0 Å². The molecule has 5 rings (SSSR count). The Labute approximate surface area is 222 Å². The zero-order chi connectivity index (χ0) is 27.9. The number of benzene rings is 3. The highest BCUT2D eigenvalue weighted by Crippen LogP contribution is 2.34. The number of hydrogen-bond donors (Lipinski definition) is 3. The number of carbonyl (C=O) groups is 2. The van der Waals surface area contributed by atoms with E-state index in [1.54, 1.807) is 49.5 Å². The maximum absolute atomic E-state index is 14.1. The quantitative estimate of drug-likeness (QED) is 0.312. The van der Waals surface area contributed by atoms with Crippen LogP contribution in [0.25, 0.3) is 10.9 Å². The first kappa shape index (κ1) is 26.1. The van der Waals surface area contributed by atoms with Crippen molar-refractivity contribution >= 4 is 39.8 Å². The van der Waals surface area contributed by atoms with Gasteiger partial charge in [-0.05, 0) is 49.4 Å². The number of aliphatic hydroxyl groups excluding tert-OH is 1. The summed E-state index contributed by atoms with van der Waals surface area (Å²) in [6, 6.07) is 18.5. The molecule has 1 aromatic heterocycles. The Morgan fingerprint density at radius 1 is 1.05 bits per heavy atom. The van der Waals surface area contributed by atoms with Crippen LogP contribution >= 0.6 is 0 Å². The number of hydrazone groups is 1. The van der Waals surface area contributed by atoms with Crippen molar-refractivity contribution in [1.82, 2.24) is 4.57 Å². The van der Waals surface area contributed by atoms with Gasteiger partial charge >= 0.3 is 0 Å². The van der Waals surface area contributed by atoms with Crippen LogP contribution in [0.1, 0.15) is 36.2 Å². The molecule has 0 bridgehead atoms. The van der Waals surface area contributed by atoms with Gasteiger partial charge in [-0.3, -0.25) is 14.2 Å². The summed E-state index contributed by atoms with van der Waals surface area (Å²) in [5, 5.41) is 30.2. The molecular weight excluding hydrogens is 506 g/mol. The van der Waals surface area contributed by atoms with Crippen molar-refractivity contribution < 1.29 is 28.6 Å². The Morgan fingerprint density at radius 2 is 1.82 bits per heavy atom. The van der Waals surface area contributed by atoms with Crippen molar-refractivity contribution in [1.29, 1.82) is 0 Å². The van der Waals surface area contributed by atoms with Crippen molar-refractivity contribution in [3.8, 4) is 5.75 Å². The molecule has 1 aliphatic heterocycles. The maximum atomic E-state index is 14.1. The van der Waals surface area contributed by atoms with Crippen molar-refractivity contribution in [3.63, 3.8) is 0 Å². The average Bonchev–Trinajstić information content (AvgIpc) is 3.48. The van der Waals surface area contributed by atoms with Crippen LogP contribution in [0.5, 0.6) is 5.75 Å². The fourth-order valence-electron chi connectivity index (χ4n) is 4.65. The third-order valence-corrected chi connectivity index (χ3v) is 6.84. The standard InChI is InChI=1S/C29H26F2N4O4/c1-3-29(30,31)19-7-6-8-20(15-19)32-26(37)25-17(2)33-35(28(25)39)21-12-11-18-13-14-34(23(18)16-21)27(38)22-9-4-5-10-24(22)36/h4-16,25,28,36,39H,3H2,1-2H3,(H,32,37). The number of phenols is 1. The number of amides is 1. The lowest BCUT2D eigenvalue weighted by Crippen LogP contribution is -2.40. The third-order valence-electron chi connectivity index (χ3n) is 6.84. The molecule has 39 heavy (non-hydrogen) atoms. The molecule has 10 heteroatoms. The van der Waals surface area contributed by atoms with Gasteiger partial charge in [0.15, 0.2) is 6.23 Å². The number of alkyl halides is 2. The molecular formula is C29H26F2N4O4. The maximum Gasteiger partial charge on any atom is 0.273 e. The van der Waals surface area contributed by atoms with Gasteiger partial charge in [-0.15, -0.1) is 0 Å². The van der Waals surface area contributed by atoms with E-state index in [2.05, 4.69) is 10.4 Å². The lowest BCUT2D eigenvalue weighted by Gasteiger charge is -2.23. The van der Waals surface area contributed by atoms with Crippen LogP contribution in [-0.4, -0.2) is 38.5 Å². The van der Waals surface area contributed by atoms with Crippen LogP contribution in [0, 0.1) is 5.92 Å². The molecule has 0 radical (unpaired) electrons. The van der Waals surface area contributed by atoms with E-state index < -0.39 is 29.9 Å².